The fourth-order valence-corrected chi connectivity index (χ4v) is 9.31. The first-order valence-corrected chi connectivity index (χ1v) is 19.5. The van der Waals surface area contributed by atoms with Crippen LogP contribution in [0.15, 0.2) is 205 Å². The number of anilines is 3. The van der Waals surface area contributed by atoms with E-state index in [1.54, 1.807) is 0 Å². The summed E-state index contributed by atoms with van der Waals surface area (Å²) in [6.45, 7) is 0. The van der Waals surface area contributed by atoms with E-state index in [-0.39, 0.29) is 0 Å². The van der Waals surface area contributed by atoms with Crippen molar-refractivity contribution in [1.82, 2.24) is 0 Å². The SMILES string of the molecule is c1ccc(-c2ccc(N(c3ccc(-c4ccc5ccccc5c4)cc3)c3cc4c5cc(-c6ccccc6)ccc5oc4c4c3sc3ccccc34)cc2)cc1. The zero-order valence-corrected chi connectivity index (χ0v) is 30.6. The van der Waals surface area contributed by atoms with E-state index >= 15 is 0 Å². The van der Waals surface area contributed by atoms with E-state index in [4.69, 9.17) is 4.42 Å². The summed E-state index contributed by atoms with van der Waals surface area (Å²) in [7, 11) is 0. The summed E-state index contributed by atoms with van der Waals surface area (Å²) in [5.74, 6) is 0. The smallest absolute Gasteiger partial charge is 0.144 e. The van der Waals surface area contributed by atoms with E-state index in [2.05, 4.69) is 205 Å². The first-order valence-electron chi connectivity index (χ1n) is 18.7. The largest absolute Gasteiger partial charge is 0.455 e. The molecule has 0 spiro atoms. The summed E-state index contributed by atoms with van der Waals surface area (Å²) in [6, 6.07) is 72.1. The van der Waals surface area contributed by atoms with Crippen molar-refractivity contribution in [3.8, 4) is 33.4 Å². The molecular weight excluding hydrogens is 687 g/mol. The molecule has 0 aliphatic carbocycles. The molecule has 11 rings (SSSR count). The Kier molecular flexibility index (Phi) is 7.39. The zero-order valence-electron chi connectivity index (χ0n) is 29.8. The molecule has 2 heterocycles. The molecule has 0 saturated heterocycles. The maximum absolute atomic E-state index is 6.82. The van der Waals surface area contributed by atoms with Gasteiger partial charge in [0.1, 0.15) is 11.2 Å². The van der Waals surface area contributed by atoms with Crippen molar-refractivity contribution in [2.24, 2.45) is 0 Å². The van der Waals surface area contributed by atoms with Gasteiger partial charge in [-0.05, 0) is 98.8 Å². The van der Waals surface area contributed by atoms with Gasteiger partial charge in [-0.25, -0.2) is 0 Å². The second-order valence-electron chi connectivity index (χ2n) is 14.1. The highest BCUT2D eigenvalue weighted by Crippen LogP contribution is 2.50. The second kappa shape index (κ2) is 12.9. The zero-order chi connectivity index (χ0) is 36.3. The highest BCUT2D eigenvalue weighted by molar-refractivity contribution is 7.26. The monoisotopic (exact) mass is 719 g/mol. The van der Waals surface area contributed by atoms with Crippen molar-refractivity contribution in [3.05, 3.63) is 200 Å². The minimum atomic E-state index is 0.891. The Balaban J connectivity index is 1.15. The van der Waals surface area contributed by atoms with E-state index in [0.29, 0.717) is 0 Å². The van der Waals surface area contributed by atoms with Gasteiger partial charge in [0.2, 0.25) is 0 Å². The summed E-state index contributed by atoms with van der Waals surface area (Å²) in [5.41, 5.74) is 12.3. The lowest BCUT2D eigenvalue weighted by Gasteiger charge is -2.27. The molecule has 0 aliphatic heterocycles. The van der Waals surface area contributed by atoms with Crippen LogP contribution in [0.4, 0.5) is 17.1 Å². The fraction of sp³-hybridized carbons (Fsp3) is 0. The van der Waals surface area contributed by atoms with Crippen LogP contribution in [-0.2, 0) is 0 Å². The maximum Gasteiger partial charge on any atom is 0.144 e. The highest BCUT2D eigenvalue weighted by Gasteiger charge is 2.24. The average molecular weight is 720 g/mol. The summed E-state index contributed by atoms with van der Waals surface area (Å²) < 4.78 is 9.25. The predicted octanol–water partition coefficient (Wildman–Crippen LogP) is 15.6. The number of hydrogen-bond acceptors (Lipinski definition) is 3. The molecular formula is C52H33NOS. The Labute approximate surface area is 322 Å². The number of nitrogens with zero attached hydrogens (tertiary/aromatic N) is 1. The third kappa shape index (κ3) is 5.40. The van der Waals surface area contributed by atoms with Gasteiger partial charge >= 0.3 is 0 Å². The van der Waals surface area contributed by atoms with E-state index in [9.17, 15) is 0 Å². The Morgan fingerprint density at radius 3 is 1.65 bits per heavy atom. The predicted molar refractivity (Wildman–Crippen MR) is 235 cm³/mol. The van der Waals surface area contributed by atoms with Crippen molar-refractivity contribution in [1.29, 1.82) is 0 Å². The van der Waals surface area contributed by atoms with Gasteiger partial charge in [0.25, 0.3) is 0 Å². The second-order valence-corrected chi connectivity index (χ2v) is 15.2. The maximum atomic E-state index is 6.82. The van der Waals surface area contributed by atoms with Crippen molar-refractivity contribution < 1.29 is 4.42 Å². The molecule has 55 heavy (non-hydrogen) atoms. The Bertz CT molecular complexity index is 3180. The van der Waals surface area contributed by atoms with Crippen molar-refractivity contribution in [3.63, 3.8) is 0 Å². The van der Waals surface area contributed by atoms with Crippen molar-refractivity contribution in [2.45, 2.75) is 0 Å². The summed E-state index contributed by atoms with van der Waals surface area (Å²) in [4.78, 5) is 2.43. The summed E-state index contributed by atoms with van der Waals surface area (Å²) in [5, 5.41) is 7.08. The number of fused-ring (bicyclic) bond motifs is 8. The van der Waals surface area contributed by atoms with Gasteiger partial charge < -0.3 is 9.32 Å². The molecule has 0 aliphatic rings. The molecule has 0 unspecified atom stereocenters. The third-order valence-electron chi connectivity index (χ3n) is 10.9. The third-order valence-corrected chi connectivity index (χ3v) is 12.0. The van der Waals surface area contributed by atoms with E-state index in [1.807, 2.05) is 11.3 Å². The number of hydrogen-bond donors (Lipinski definition) is 0. The van der Waals surface area contributed by atoms with Gasteiger partial charge in [-0.2, -0.15) is 0 Å². The molecule has 0 saturated carbocycles. The van der Waals surface area contributed by atoms with Gasteiger partial charge in [-0.3, -0.25) is 0 Å². The van der Waals surface area contributed by atoms with Crippen LogP contribution < -0.4 is 4.90 Å². The lowest BCUT2D eigenvalue weighted by Crippen LogP contribution is -2.10. The van der Waals surface area contributed by atoms with Gasteiger partial charge in [-0.1, -0.05) is 146 Å². The first-order chi connectivity index (χ1) is 27.2. The molecule has 2 nitrogen and oxygen atoms in total. The average Bonchev–Trinajstić information content (AvgIpc) is 3.83. The van der Waals surface area contributed by atoms with Crippen LogP contribution in [0.5, 0.6) is 0 Å². The lowest BCUT2D eigenvalue weighted by atomic mass is 10.00. The first kappa shape index (κ1) is 31.6. The molecule has 0 fully saturated rings. The summed E-state index contributed by atoms with van der Waals surface area (Å²) >= 11 is 1.83. The van der Waals surface area contributed by atoms with Crippen LogP contribution in [0.25, 0.3) is 86.3 Å². The standard InChI is InChI=1S/C52H33NOS/c1-3-11-34(12-4-1)37-21-26-42(27-22-37)53(43-28-23-38(24-29-43)40-20-19-36-15-7-8-16-39(36)31-40)47-33-46-45-32-41(35-13-5-2-6-14-35)25-30-48(45)54-51(46)50-44-17-9-10-18-49(44)55-52(47)50/h1-33H. The normalized spacial score (nSPS) is 11.6. The molecule has 0 bridgehead atoms. The van der Waals surface area contributed by atoms with Crippen LogP contribution in [0.3, 0.4) is 0 Å². The molecule has 9 aromatic carbocycles. The highest BCUT2D eigenvalue weighted by atomic mass is 32.1. The molecule has 2 aromatic heterocycles. The van der Waals surface area contributed by atoms with Crippen molar-refractivity contribution >= 4 is 81.3 Å². The lowest BCUT2D eigenvalue weighted by molar-refractivity contribution is 0.673. The minimum Gasteiger partial charge on any atom is -0.455 e. The molecule has 0 N–H and O–H groups in total. The van der Waals surface area contributed by atoms with Crippen LogP contribution in [-0.4, -0.2) is 0 Å². The number of thiophene rings is 1. The number of benzene rings is 9. The van der Waals surface area contributed by atoms with Crippen LogP contribution in [0, 0.1) is 0 Å². The van der Waals surface area contributed by atoms with Crippen LogP contribution >= 0.6 is 11.3 Å². The Morgan fingerprint density at radius 1 is 0.382 bits per heavy atom. The minimum absolute atomic E-state index is 0.891. The Morgan fingerprint density at radius 2 is 0.927 bits per heavy atom. The van der Waals surface area contributed by atoms with Crippen LogP contribution in [0.1, 0.15) is 0 Å². The van der Waals surface area contributed by atoms with Crippen molar-refractivity contribution in [2.75, 3.05) is 4.90 Å². The molecule has 11 aromatic rings. The Hall–Kier alpha value is -6.94. The van der Waals surface area contributed by atoms with Gasteiger partial charge in [-0.15, -0.1) is 11.3 Å². The topological polar surface area (TPSA) is 16.4 Å². The fourth-order valence-electron chi connectivity index (χ4n) is 8.11. The molecule has 0 atom stereocenters. The van der Waals surface area contributed by atoms with Gasteiger partial charge in [0, 0.05) is 37.6 Å². The number of furan rings is 1. The molecule has 0 amide bonds. The van der Waals surface area contributed by atoms with E-state index in [1.165, 1.54) is 58.9 Å². The van der Waals surface area contributed by atoms with E-state index < -0.39 is 0 Å². The van der Waals surface area contributed by atoms with Gasteiger partial charge in [0.05, 0.1) is 10.4 Å². The quantitative estimate of drug-likeness (QED) is 0.170. The molecule has 258 valence electrons. The summed E-state index contributed by atoms with van der Waals surface area (Å²) in [6.07, 6.45) is 0. The molecule has 3 heteroatoms. The van der Waals surface area contributed by atoms with E-state index in [0.717, 1.165) is 44.4 Å². The number of rotatable bonds is 6. The van der Waals surface area contributed by atoms with Gasteiger partial charge in [0.15, 0.2) is 0 Å². The van der Waals surface area contributed by atoms with Crippen LogP contribution in [0.2, 0.25) is 0 Å². The molecule has 0 radical (unpaired) electrons.